The molecule has 0 fully saturated rings. The standard InChI is InChI=1S/C9H8Br2N2/c10-4-7-13(8-5-11)9-3-1-2-6-12-9/h1-8H/b7-4-,8-5-. The number of aromatic nitrogens is 1. The highest BCUT2D eigenvalue weighted by Crippen LogP contribution is 2.11. The fraction of sp³-hybridized carbons (Fsp3) is 0. The van der Waals surface area contributed by atoms with Crippen molar-refractivity contribution in [2.75, 3.05) is 4.90 Å². The number of hydrogen-bond donors (Lipinski definition) is 0. The Bertz CT molecular complexity index is 284. The molecule has 0 amide bonds. The molecule has 0 aromatic carbocycles. The average Bonchev–Trinajstić information content (AvgIpc) is 2.19. The molecule has 0 bridgehead atoms. The summed E-state index contributed by atoms with van der Waals surface area (Å²) in [5.74, 6) is 0.869. The zero-order valence-electron chi connectivity index (χ0n) is 6.77. The van der Waals surface area contributed by atoms with Crippen molar-refractivity contribution < 1.29 is 0 Å². The van der Waals surface area contributed by atoms with Crippen LogP contribution in [0.4, 0.5) is 5.82 Å². The lowest BCUT2D eigenvalue weighted by molar-refractivity contribution is 1.18. The smallest absolute Gasteiger partial charge is 0.136 e. The minimum atomic E-state index is 0.869. The summed E-state index contributed by atoms with van der Waals surface area (Å²) in [7, 11) is 0. The van der Waals surface area contributed by atoms with Gasteiger partial charge in [-0.15, -0.1) is 0 Å². The van der Waals surface area contributed by atoms with E-state index in [4.69, 9.17) is 0 Å². The van der Waals surface area contributed by atoms with E-state index in [-0.39, 0.29) is 0 Å². The molecule has 4 heteroatoms. The lowest BCUT2D eigenvalue weighted by Crippen LogP contribution is -2.07. The van der Waals surface area contributed by atoms with Gasteiger partial charge >= 0.3 is 0 Å². The first kappa shape index (κ1) is 10.5. The summed E-state index contributed by atoms with van der Waals surface area (Å²) in [5, 5.41) is 0. The minimum absolute atomic E-state index is 0.869. The third kappa shape index (κ3) is 3.32. The number of anilines is 1. The van der Waals surface area contributed by atoms with Crippen LogP contribution in [0.15, 0.2) is 46.8 Å². The summed E-state index contributed by atoms with van der Waals surface area (Å²) in [6.45, 7) is 0. The van der Waals surface area contributed by atoms with Gasteiger partial charge in [0, 0.05) is 18.6 Å². The average molecular weight is 304 g/mol. The molecule has 1 heterocycles. The number of nitrogens with zero attached hydrogens (tertiary/aromatic N) is 2. The first-order valence-electron chi connectivity index (χ1n) is 3.61. The molecule has 0 radical (unpaired) electrons. The molecule has 0 saturated carbocycles. The fourth-order valence-electron chi connectivity index (χ4n) is 0.830. The van der Waals surface area contributed by atoms with Crippen molar-refractivity contribution in [2.24, 2.45) is 0 Å². The van der Waals surface area contributed by atoms with Crippen LogP contribution in [0.25, 0.3) is 0 Å². The summed E-state index contributed by atoms with van der Waals surface area (Å²) < 4.78 is 0. The highest BCUT2D eigenvalue weighted by atomic mass is 79.9. The number of pyridine rings is 1. The SMILES string of the molecule is Br/C=C\N(/C=C\Br)c1ccccn1. The third-order valence-electron chi connectivity index (χ3n) is 1.35. The summed E-state index contributed by atoms with van der Waals surface area (Å²) in [6.07, 6.45) is 5.48. The van der Waals surface area contributed by atoms with E-state index in [0.29, 0.717) is 0 Å². The Morgan fingerprint density at radius 2 is 1.85 bits per heavy atom. The Hall–Kier alpha value is -0.610. The summed E-state index contributed by atoms with van der Waals surface area (Å²) in [5.41, 5.74) is 0. The van der Waals surface area contributed by atoms with Crippen LogP contribution in [0.5, 0.6) is 0 Å². The van der Waals surface area contributed by atoms with Crippen molar-refractivity contribution in [3.05, 3.63) is 46.8 Å². The van der Waals surface area contributed by atoms with Crippen molar-refractivity contribution in [1.82, 2.24) is 4.98 Å². The van der Waals surface area contributed by atoms with Gasteiger partial charge in [-0.25, -0.2) is 4.98 Å². The topological polar surface area (TPSA) is 16.1 Å². The summed E-state index contributed by atoms with van der Waals surface area (Å²) in [4.78, 5) is 9.62. The Morgan fingerprint density at radius 3 is 2.31 bits per heavy atom. The molecular formula is C9H8Br2N2. The van der Waals surface area contributed by atoms with Crippen LogP contribution in [0.3, 0.4) is 0 Å². The normalized spacial score (nSPS) is 11.2. The van der Waals surface area contributed by atoms with Crippen molar-refractivity contribution in [2.45, 2.75) is 0 Å². The molecule has 0 aliphatic carbocycles. The predicted molar refractivity (Wildman–Crippen MR) is 62.9 cm³/mol. The van der Waals surface area contributed by atoms with Crippen LogP contribution >= 0.6 is 31.9 Å². The van der Waals surface area contributed by atoms with E-state index < -0.39 is 0 Å². The highest BCUT2D eigenvalue weighted by Gasteiger charge is 1.97. The molecule has 68 valence electrons. The molecule has 0 unspecified atom stereocenters. The first-order valence-corrected chi connectivity index (χ1v) is 5.44. The Labute approximate surface area is 94.2 Å². The summed E-state index contributed by atoms with van der Waals surface area (Å²) in [6, 6.07) is 5.76. The van der Waals surface area contributed by atoms with Crippen LogP contribution < -0.4 is 4.90 Å². The van der Waals surface area contributed by atoms with Crippen LogP contribution in [0, 0.1) is 0 Å². The molecular weight excluding hydrogens is 296 g/mol. The largest absolute Gasteiger partial charge is 0.308 e. The van der Waals surface area contributed by atoms with E-state index in [1.54, 1.807) is 16.2 Å². The zero-order chi connectivity index (χ0) is 9.52. The number of hydrogen-bond acceptors (Lipinski definition) is 2. The second-order valence-electron chi connectivity index (χ2n) is 2.15. The fourth-order valence-corrected chi connectivity index (χ4v) is 1.34. The van der Waals surface area contributed by atoms with Gasteiger partial charge in [-0.3, -0.25) is 0 Å². The molecule has 13 heavy (non-hydrogen) atoms. The number of rotatable bonds is 3. The second-order valence-corrected chi connectivity index (χ2v) is 3.20. The molecule has 0 saturated heterocycles. The van der Waals surface area contributed by atoms with Crippen molar-refractivity contribution in [1.29, 1.82) is 0 Å². The number of halogens is 2. The van der Waals surface area contributed by atoms with E-state index in [1.165, 1.54) is 0 Å². The highest BCUT2D eigenvalue weighted by molar-refractivity contribution is 9.11. The van der Waals surface area contributed by atoms with Crippen LogP contribution in [0.2, 0.25) is 0 Å². The van der Waals surface area contributed by atoms with Crippen LogP contribution in [0.1, 0.15) is 0 Å². The zero-order valence-corrected chi connectivity index (χ0v) is 9.94. The van der Waals surface area contributed by atoms with Gasteiger partial charge < -0.3 is 4.90 Å². The molecule has 0 spiro atoms. The molecule has 0 N–H and O–H groups in total. The monoisotopic (exact) mass is 302 g/mol. The van der Waals surface area contributed by atoms with E-state index >= 15 is 0 Å². The maximum absolute atomic E-state index is 4.20. The van der Waals surface area contributed by atoms with Crippen LogP contribution in [-0.2, 0) is 0 Å². The maximum Gasteiger partial charge on any atom is 0.136 e. The Balaban J connectivity index is 2.88. The molecule has 0 aliphatic rings. The van der Waals surface area contributed by atoms with E-state index in [9.17, 15) is 0 Å². The van der Waals surface area contributed by atoms with Gasteiger partial charge in [0.05, 0.1) is 0 Å². The molecule has 1 aromatic rings. The molecule has 0 atom stereocenters. The van der Waals surface area contributed by atoms with E-state index in [2.05, 4.69) is 36.8 Å². The minimum Gasteiger partial charge on any atom is -0.308 e. The predicted octanol–water partition coefficient (Wildman–Crippen LogP) is 3.62. The van der Waals surface area contributed by atoms with Gasteiger partial charge in [0.25, 0.3) is 0 Å². The lowest BCUT2D eigenvalue weighted by atomic mass is 10.4. The molecule has 2 nitrogen and oxygen atoms in total. The molecule has 0 aliphatic heterocycles. The van der Waals surface area contributed by atoms with Gasteiger partial charge in [-0.2, -0.15) is 0 Å². The van der Waals surface area contributed by atoms with Crippen molar-refractivity contribution in [3.8, 4) is 0 Å². The molecule has 1 rings (SSSR count). The van der Waals surface area contributed by atoms with Crippen molar-refractivity contribution in [3.63, 3.8) is 0 Å². The lowest BCUT2D eigenvalue weighted by Gasteiger charge is -2.12. The first-order chi connectivity index (χ1) is 6.38. The Kier molecular flexibility index (Phi) is 4.78. The maximum atomic E-state index is 4.20. The van der Waals surface area contributed by atoms with Gasteiger partial charge in [0.15, 0.2) is 0 Å². The summed E-state index contributed by atoms with van der Waals surface area (Å²) >= 11 is 6.44. The third-order valence-corrected chi connectivity index (χ3v) is 1.82. The van der Waals surface area contributed by atoms with Gasteiger partial charge in [-0.05, 0) is 22.1 Å². The second kappa shape index (κ2) is 5.94. The van der Waals surface area contributed by atoms with Gasteiger partial charge in [0.2, 0.25) is 0 Å². The Morgan fingerprint density at radius 1 is 1.15 bits per heavy atom. The van der Waals surface area contributed by atoms with Gasteiger partial charge in [0.1, 0.15) is 5.82 Å². The van der Waals surface area contributed by atoms with Crippen LogP contribution in [-0.4, -0.2) is 4.98 Å². The quantitative estimate of drug-likeness (QED) is 0.848. The van der Waals surface area contributed by atoms with E-state index in [0.717, 1.165) is 5.82 Å². The van der Waals surface area contributed by atoms with Crippen molar-refractivity contribution >= 4 is 37.7 Å². The van der Waals surface area contributed by atoms with Gasteiger partial charge in [-0.1, -0.05) is 37.9 Å². The molecule has 1 aromatic heterocycles. The van der Waals surface area contributed by atoms with E-state index in [1.807, 2.05) is 35.5 Å².